The number of carbonyl (C=O) groups is 1. The Balaban J connectivity index is 1.69. The number of hydrogen-bond acceptors (Lipinski definition) is 7. The first-order valence-corrected chi connectivity index (χ1v) is 8.75. The van der Waals surface area contributed by atoms with Gasteiger partial charge in [0.2, 0.25) is 5.89 Å². The summed E-state index contributed by atoms with van der Waals surface area (Å²) in [6.45, 7) is 4.20. The van der Waals surface area contributed by atoms with Crippen LogP contribution in [0, 0.1) is 0 Å². The van der Waals surface area contributed by atoms with Crippen molar-refractivity contribution in [2.24, 2.45) is 0 Å². The van der Waals surface area contributed by atoms with Gasteiger partial charge < -0.3 is 9.15 Å². The Labute approximate surface area is 149 Å². The van der Waals surface area contributed by atoms with Crippen molar-refractivity contribution in [2.75, 3.05) is 6.61 Å². The van der Waals surface area contributed by atoms with Gasteiger partial charge >= 0.3 is 5.97 Å². The first kappa shape index (κ1) is 17.2. The molecular formula is C18H17N3O3S. The Hall–Kier alpha value is -2.67. The van der Waals surface area contributed by atoms with Gasteiger partial charge in [0.05, 0.1) is 12.2 Å². The van der Waals surface area contributed by atoms with Crippen molar-refractivity contribution >= 4 is 17.7 Å². The minimum Gasteiger partial charge on any atom is -0.462 e. The Morgan fingerprint density at radius 1 is 1.12 bits per heavy atom. The molecule has 0 bridgehead atoms. The van der Waals surface area contributed by atoms with E-state index in [4.69, 9.17) is 9.15 Å². The van der Waals surface area contributed by atoms with E-state index in [1.165, 1.54) is 23.5 Å². The third-order valence-corrected chi connectivity index (χ3v) is 4.25. The van der Waals surface area contributed by atoms with Crippen LogP contribution in [0.3, 0.4) is 0 Å². The minimum absolute atomic E-state index is 0.333. The molecule has 0 radical (unpaired) electrons. The molecule has 25 heavy (non-hydrogen) atoms. The molecule has 0 saturated heterocycles. The summed E-state index contributed by atoms with van der Waals surface area (Å²) in [4.78, 5) is 15.8. The van der Waals surface area contributed by atoms with Crippen LogP contribution in [0.4, 0.5) is 0 Å². The zero-order valence-corrected chi connectivity index (χ0v) is 14.7. The smallest absolute Gasteiger partial charge is 0.339 e. The van der Waals surface area contributed by atoms with Gasteiger partial charge in [0.15, 0.2) is 0 Å². The molecule has 2 aromatic heterocycles. The van der Waals surface area contributed by atoms with Crippen LogP contribution in [0.2, 0.25) is 0 Å². The fraction of sp³-hybridized carbons (Fsp3) is 0.222. The Bertz CT molecular complexity index is 845. The van der Waals surface area contributed by atoms with Gasteiger partial charge in [-0.05, 0) is 54.9 Å². The number of ether oxygens (including phenoxy) is 1. The standard InChI is InChI=1S/C18H17N3O3S/c1-3-12-5-7-13(8-6-12)16-20-21-18(24-16)25-15-10-9-14(11-19-15)17(22)23-4-2/h5-11H,3-4H2,1-2H3. The maximum atomic E-state index is 11.6. The molecule has 0 amide bonds. The summed E-state index contributed by atoms with van der Waals surface area (Å²) in [6.07, 6.45) is 2.46. The number of esters is 1. The number of carbonyl (C=O) groups excluding carboxylic acids is 1. The minimum atomic E-state index is -0.387. The predicted octanol–water partition coefficient (Wildman–Crippen LogP) is 4.02. The van der Waals surface area contributed by atoms with Crippen LogP contribution in [0.15, 0.2) is 57.3 Å². The van der Waals surface area contributed by atoms with Crippen molar-refractivity contribution < 1.29 is 13.9 Å². The molecule has 1 aromatic carbocycles. The van der Waals surface area contributed by atoms with Crippen LogP contribution in [0.5, 0.6) is 0 Å². The number of rotatable bonds is 6. The number of nitrogens with zero attached hydrogens (tertiary/aromatic N) is 3. The summed E-state index contributed by atoms with van der Waals surface area (Å²) in [6, 6.07) is 11.4. The molecule has 0 atom stereocenters. The van der Waals surface area contributed by atoms with E-state index in [-0.39, 0.29) is 5.97 Å². The average Bonchev–Trinajstić information content (AvgIpc) is 3.11. The number of benzene rings is 1. The average molecular weight is 355 g/mol. The molecule has 0 fully saturated rings. The fourth-order valence-corrected chi connectivity index (χ4v) is 2.74. The zero-order valence-electron chi connectivity index (χ0n) is 13.9. The number of aryl methyl sites for hydroxylation is 1. The van der Waals surface area contributed by atoms with Crippen LogP contribution in [0.1, 0.15) is 29.8 Å². The largest absolute Gasteiger partial charge is 0.462 e. The molecule has 0 aliphatic heterocycles. The van der Waals surface area contributed by atoms with E-state index in [9.17, 15) is 4.79 Å². The number of hydrogen-bond donors (Lipinski definition) is 0. The van der Waals surface area contributed by atoms with Gasteiger partial charge in [-0.2, -0.15) is 0 Å². The Morgan fingerprint density at radius 2 is 1.92 bits per heavy atom. The molecule has 0 spiro atoms. The van der Waals surface area contributed by atoms with Crippen LogP contribution in [-0.2, 0) is 11.2 Å². The van der Waals surface area contributed by atoms with Gasteiger partial charge in [-0.1, -0.05) is 19.1 Å². The molecule has 0 saturated carbocycles. The third kappa shape index (κ3) is 4.24. The van der Waals surface area contributed by atoms with E-state index >= 15 is 0 Å². The van der Waals surface area contributed by atoms with Gasteiger partial charge in [0.1, 0.15) is 5.03 Å². The summed E-state index contributed by atoms with van der Waals surface area (Å²) >= 11 is 1.24. The lowest BCUT2D eigenvalue weighted by molar-refractivity contribution is 0.0525. The first-order valence-electron chi connectivity index (χ1n) is 7.93. The lowest BCUT2D eigenvalue weighted by Gasteiger charge is -2.01. The molecule has 3 aromatic rings. The van der Waals surface area contributed by atoms with Crippen molar-refractivity contribution in [1.82, 2.24) is 15.2 Å². The lowest BCUT2D eigenvalue weighted by Crippen LogP contribution is -2.04. The predicted molar refractivity (Wildman–Crippen MR) is 93.4 cm³/mol. The van der Waals surface area contributed by atoms with Crippen molar-refractivity contribution in [1.29, 1.82) is 0 Å². The van der Waals surface area contributed by atoms with Crippen LogP contribution in [-0.4, -0.2) is 27.8 Å². The van der Waals surface area contributed by atoms with Gasteiger partial charge in [0.25, 0.3) is 5.22 Å². The molecule has 6 nitrogen and oxygen atoms in total. The van der Waals surface area contributed by atoms with Crippen molar-refractivity contribution in [3.8, 4) is 11.5 Å². The van der Waals surface area contributed by atoms with E-state index in [0.29, 0.717) is 28.3 Å². The molecule has 0 aliphatic rings. The van der Waals surface area contributed by atoms with Crippen LogP contribution >= 0.6 is 11.8 Å². The second-order valence-corrected chi connectivity index (χ2v) is 6.10. The summed E-state index contributed by atoms with van der Waals surface area (Å²) in [5, 5.41) is 9.15. The van der Waals surface area contributed by atoms with Crippen LogP contribution in [0.25, 0.3) is 11.5 Å². The molecule has 0 N–H and O–H groups in total. The lowest BCUT2D eigenvalue weighted by atomic mass is 10.1. The topological polar surface area (TPSA) is 78.1 Å². The fourth-order valence-electron chi connectivity index (χ4n) is 2.12. The second kappa shape index (κ2) is 7.94. The quantitative estimate of drug-likeness (QED) is 0.618. The molecule has 0 aliphatic carbocycles. The van der Waals surface area contributed by atoms with E-state index < -0.39 is 0 Å². The maximum absolute atomic E-state index is 11.6. The van der Waals surface area contributed by atoms with E-state index in [1.54, 1.807) is 19.1 Å². The van der Waals surface area contributed by atoms with Crippen molar-refractivity contribution in [3.05, 3.63) is 53.7 Å². The molecule has 3 rings (SSSR count). The highest BCUT2D eigenvalue weighted by molar-refractivity contribution is 7.99. The summed E-state index contributed by atoms with van der Waals surface area (Å²) in [5.41, 5.74) is 2.54. The summed E-state index contributed by atoms with van der Waals surface area (Å²) in [7, 11) is 0. The van der Waals surface area contributed by atoms with Gasteiger partial charge in [-0.25, -0.2) is 9.78 Å². The normalized spacial score (nSPS) is 10.6. The molecule has 128 valence electrons. The first-order chi connectivity index (χ1) is 12.2. The van der Waals surface area contributed by atoms with Gasteiger partial charge in [-0.15, -0.1) is 10.2 Å². The van der Waals surface area contributed by atoms with Gasteiger partial charge in [-0.3, -0.25) is 0 Å². The molecular weight excluding hydrogens is 338 g/mol. The molecule has 2 heterocycles. The number of pyridine rings is 1. The molecule has 0 unspecified atom stereocenters. The van der Waals surface area contributed by atoms with E-state index in [2.05, 4.69) is 22.1 Å². The van der Waals surface area contributed by atoms with E-state index in [1.807, 2.05) is 24.3 Å². The highest BCUT2D eigenvalue weighted by Crippen LogP contribution is 2.28. The van der Waals surface area contributed by atoms with Gasteiger partial charge in [0, 0.05) is 11.8 Å². The third-order valence-electron chi connectivity index (χ3n) is 3.45. The summed E-state index contributed by atoms with van der Waals surface area (Å²) in [5.74, 6) is 0.0791. The highest BCUT2D eigenvalue weighted by Gasteiger charge is 2.12. The Kier molecular flexibility index (Phi) is 5.45. The second-order valence-electron chi connectivity index (χ2n) is 5.13. The Morgan fingerprint density at radius 3 is 2.56 bits per heavy atom. The number of aromatic nitrogens is 3. The van der Waals surface area contributed by atoms with E-state index in [0.717, 1.165) is 12.0 Å². The summed E-state index contributed by atoms with van der Waals surface area (Å²) < 4.78 is 10.6. The van der Waals surface area contributed by atoms with Crippen molar-refractivity contribution in [2.45, 2.75) is 30.5 Å². The monoisotopic (exact) mass is 355 g/mol. The van der Waals surface area contributed by atoms with Crippen LogP contribution < -0.4 is 0 Å². The SMILES string of the molecule is CCOC(=O)c1ccc(Sc2nnc(-c3ccc(CC)cc3)o2)nc1. The maximum Gasteiger partial charge on any atom is 0.339 e. The highest BCUT2D eigenvalue weighted by atomic mass is 32.2. The zero-order chi connectivity index (χ0) is 17.6. The molecule has 7 heteroatoms. The van der Waals surface area contributed by atoms with Crippen molar-refractivity contribution in [3.63, 3.8) is 0 Å².